The van der Waals surface area contributed by atoms with E-state index in [0.29, 0.717) is 28.8 Å². The number of hydrogen-bond acceptors (Lipinski definition) is 4. The lowest BCUT2D eigenvalue weighted by molar-refractivity contribution is 0.100. The second kappa shape index (κ2) is 11.5. The molecule has 2 heterocycles. The molecule has 2 aromatic carbocycles. The molecule has 7 heteroatoms. The topological polar surface area (TPSA) is 68.5 Å². The second-order valence-corrected chi connectivity index (χ2v) is 9.94. The van der Waals surface area contributed by atoms with Gasteiger partial charge in [0.15, 0.2) is 0 Å². The van der Waals surface area contributed by atoms with Crippen LogP contribution in [0.3, 0.4) is 0 Å². The summed E-state index contributed by atoms with van der Waals surface area (Å²) in [6, 6.07) is 13.1. The number of anilines is 1. The van der Waals surface area contributed by atoms with E-state index in [1.54, 1.807) is 24.4 Å². The van der Waals surface area contributed by atoms with Gasteiger partial charge < -0.3 is 15.4 Å². The molecule has 36 heavy (non-hydrogen) atoms. The van der Waals surface area contributed by atoms with E-state index in [0.717, 1.165) is 58.6 Å². The number of carbonyl (C=O) groups is 1. The van der Waals surface area contributed by atoms with Gasteiger partial charge >= 0.3 is 0 Å². The normalized spacial score (nSPS) is 15.8. The number of aromatic nitrogens is 1. The van der Waals surface area contributed by atoms with Gasteiger partial charge in [0, 0.05) is 64.3 Å². The van der Waals surface area contributed by atoms with Crippen molar-refractivity contribution in [1.29, 1.82) is 0 Å². The Hall–Kier alpha value is -2.86. The predicted octanol–water partition coefficient (Wildman–Crippen LogP) is 7.24. The molecule has 1 amide bonds. The number of amides is 1. The first-order valence-corrected chi connectivity index (χ1v) is 12.9. The molecule has 1 aliphatic heterocycles. The number of ether oxygens (including phenoxy) is 1. The maximum atomic E-state index is 11.8. The number of hydrogen-bond donors (Lipinski definition) is 1. The third-order valence-corrected chi connectivity index (χ3v) is 7.25. The minimum atomic E-state index is -0.498. The van der Waals surface area contributed by atoms with E-state index < -0.39 is 5.91 Å². The van der Waals surface area contributed by atoms with E-state index in [9.17, 15) is 4.79 Å². The fourth-order valence-electron chi connectivity index (χ4n) is 4.64. The zero-order chi connectivity index (χ0) is 25.8. The Morgan fingerprint density at radius 1 is 1.22 bits per heavy atom. The van der Waals surface area contributed by atoms with Gasteiger partial charge in [-0.15, -0.1) is 0 Å². The highest BCUT2D eigenvalue weighted by Gasteiger charge is 2.26. The molecule has 0 saturated carbocycles. The molecule has 188 valence electrons. The van der Waals surface area contributed by atoms with Crippen molar-refractivity contribution in [3.8, 4) is 11.1 Å². The Morgan fingerprint density at radius 2 is 2.03 bits per heavy atom. The molecule has 5 nitrogen and oxygen atoms in total. The standard InChI is InChI=1S/C29H31Cl2N3O2/c1-4-5-9-26(27-18(2)7-6-8-25(27)31)34(3)29-23(20-12-13-36-17-20)15-21(16-33-29)22-14-19(28(32)35)10-11-24(22)30/h6-11,14-16,20H,4-5,12-13,17H2,1-3H3,(H2,32,35)/b26-9+. The Morgan fingerprint density at radius 3 is 2.69 bits per heavy atom. The molecule has 1 unspecified atom stereocenters. The smallest absolute Gasteiger partial charge is 0.248 e. The van der Waals surface area contributed by atoms with E-state index in [1.165, 1.54) is 0 Å². The van der Waals surface area contributed by atoms with Gasteiger partial charge in [-0.25, -0.2) is 4.98 Å². The summed E-state index contributed by atoms with van der Waals surface area (Å²) in [6.45, 7) is 5.56. The van der Waals surface area contributed by atoms with E-state index in [1.807, 2.05) is 19.2 Å². The van der Waals surface area contributed by atoms with Crippen LogP contribution in [0.2, 0.25) is 10.0 Å². The number of allylic oxidation sites excluding steroid dienone is 1. The SMILES string of the molecule is CCC/C=C(\c1c(C)cccc1Cl)N(C)c1ncc(-c2cc(C(N)=O)ccc2Cl)cc1C1CCOC1. The van der Waals surface area contributed by atoms with Crippen molar-refractivity contribution in [3.63, 3.8) is 0 Å². The van der Waals surface area contributed by atoms with Crippen LogP contribution < -0.4 is 10.6 Å². The van der Waals surface area contributed by atoms with Crippen molar-refractivity contribution in [2.45, 2.75) is 39.0 Å². The summed E-state index contributed by atoms with van der Waals surface area (Å²) in [5, 5.41) is 1.24. The molecule has 1 saturated heterocycles. The van der Waals surface area contributed by atoms with Crippen LogP contribution in [-0.4, -0.2) is 31.2 Å². The molecule has 4 rings (SSSR count). The number of carbonyl (C=O) groups excluding carboxylic acids is 1. The van der Waals surface area contributed by atoms with E-state index >= 15 is 0 Å². The molecule has 3 aromatic rings. The van der Waals surface area contributed by atoms with Crippen LogP contribution >= 0.6 is 23.2 Å². The lowest BCUT2D eigenvalue weighted by atomic mass is 9.94. The number of benzene rings is 2. The third-order valence-electron chi connectivity index (χ3n) is 6.61. The van der Waals surface area contributed by atoms with Crippen molar-refractivity contribution in [2.24, 2.45) is 5.73 Å². The highest BCUT2D eigenvalue weighted by Crippen LogP contribution is 2.40. The van der Waals surface area contributed by atoms with E-state index in [4.69, 9.17) is 38.7 Å². The van der Waals surface area contributed by atoms with Crippen LogP contribution in [0.25, 0.3) is 16.8 Å². The summed E-state index contributed by atoms with van der Waals surface area (Å²) >= 11 is 13.2. The molecule has 1 aliphatic rings. The monoisotopic (exact) mass is 523 g/mol. The fourth-order valence-corrected chi connectivity index (χ4v) is 5.19. The van der Waals surface area contributed by atoms with Crippen molar-refractivity contribution >= 4 is 40.6 Å². The van der Waals surface area contributed by atoms with Crippen molar-refractivity contribution in [1.82, 2.24) is 4.98 Å². The van der Waals surface area contributed by atoms with E-state index in [-0.39, 0.29) is 5.92 Å². The lowest BCUT2D eigenvalue weighted by Crippen LogP contribution is -2.21. The summed E-state index contributed by atoms with van der Waals surface area (Å²) in [4.78, 5) is 18.9. The van der Waals surface area contributed by atoms with E-state index in [2.05, 4.69) is 37.0 Å². The summed E-state index contributed by atoms with van der Waals surface area (Å²) in [5.41, 5.74) is 11.7. The number of pyridine rings is 1. The maximum Gasteiger partial charge on any atom is 0.248 e. The predicted molar refractivity (Wildman–Crippen MR) is 149 cm³/mol. The Kier molecular flexibility index (Phi) is 8.35. The number of nitrogens with two attached hydrogens (primary N) is 1. The van der Waals surface area contributed by atoms with Crippen molar-refractivity contribution in [3.05, 3.63) is 87.0 Å². The molecule has 0 aliphatic carbocycles. The largest absolute Gasteiger partial charge is 0.381 e. The minimum absolute atomic E-state index is 0.188. The Labute approximate surface area is 222 Å². The zero-order valence-electron chi connectivity index (χ0n) is 20.9. The average Bonchev–Trinajstić information content (AvgIpc) is 3.40. The minimum Gasteiger partial charge on any atom is -0.381 e. The number of unbranched alkanes of at least 4 members (excludes halogenated alkanes) is 1. The molecule has 1 atom stereocenters. The van der Waals surface area contributed by atoms with Gasteiger partial charge in [0.2, 0.25) is 5.91 Å². The Bertz CT molecular complexity index is 1280. The summed E-state index contributed by atoms with van der Waals surface area (Å²) in [6.07, 6.45) is 6.87. The van der Waals surface area contributed by atoms with Gasteiger partial charge in [-0.2, -0.15) is 0 Å². The van der Waals surface area contributed by atoms with Gasteiger partial charge in [-0.05, 0) is 55.7 Å². The number of rotatable bonds is 8. The summed E-state index contributed by atoms with van der Waals surface area (Å²) in [7, 11) is 2.03. The molecular weight excluding hydrogens is 493 g/mol. The van der Waals surface area contributed by atoms with Gasteiger partial charge in [0.1, 0.15) is 5.82 Å². The summed E-state index contributed by atoms with van der Waals surface area (Å²) < 4.78 is 5.75. The van der Waals surface area contributed by atoms with Gasteiger partial charge in [-0.1, -0.05) is 54.8 Å². The molecule has 0 bridgehead atoms. The first-order chi connectivity index (χ1) is 17.3. The lowest BCUT2D eigenvalue weighted by Gasteiger charge is -2.28. The quantitative estimate of drug-likeness (QED) is 0.337. The van der Waals surface area contributed by atoms with Gasteiger partial charge in [0.25, 0.3) is 0 Å². The second-order valence-electron chi connectivity index (χ2n) is 9.13. The molecule has 0 radical (unpaired) electrons. The van der Waals surface area contributed by atoms with Crippen molar-refractivity contribution < 1.29 is 9.53 Å². The molecule has 1 fully saturated rings. The van der Waals surface area contributed by atoms with Crippen molar-refractivity contribution in [2.75, 3.05) is 25.2 Å². The van der Waals surface area contributed by atoms with Crippen LogP contribution in [0.5, 0.6) is 0 Å². The molecular formula is C29H31Cl2N3O2. The van der Waals surface area contributed by atoms with Gasteiger partial charge in [-0.3, -0.25) is 4.79 Å². The number of aryl methyl sites for hydroxylation is 1. The van der Waals surface area contributed by atoms with Crippen LogP contribution in [0, 0.1) is 6.92 Å². The van der Waals surface area contributed by atoms with Crippen LogP contribution in [-0.2, 0) is 4.74 Å². The van der Waals surface area contributed by atoms with Gasteiger partial charge in [0.05, 0.1) is 11.6 Å². The number of nitrogens with zero attached hydrogens (tertiary/aromatic N) is 2. The molecule has 0 spiro atoms. The molecule has 1 aromatic heterocycles. The highest BCUT2D eigenvalue weighted by molar-refractivity contribution is 6.33. The zero-order valence-corrected chi connectivity index (χ0v) is 22.4. The van der Waals surface area contributed by atoms with Crippen LogP contribution in [0.1, 0.15) is 59.2 Å². The third kappa shape index (κ3) is 5.44. The maximum absolute atomic E-state index is 11.8. The first kappa shape index (κ1) is 26.2. The summed E-state index contributed by atoms with van der Waals surface area (Å²) in [5.74, 6) is 0.535. The Balaban J connectivity index is 1.86. The first-order valence-electron chi connectivity index (χ1n) is 12.2. The number of primary amides is 1. The van der Waals surface area contributed by atoms with Crippen LogP contribution in [0.4, 0.5) is 5.82 Å². The number of halogens is 2. The average molecular weight is 524 g/mol. The molecule has 2 N–H and O–H groups in total. The fraction of sp³-hybridized carbons (Fsp3) is 0.310. The highest BCUT2D eigenvalue weighted by atomic mass is 35.5. The van der Waals surface area contributed by atoms with Crippen LogP contribution in [0.15, 0.2) is 54.7 Å².